The van der Waals surface area contributed by atoms with Crippen LogP contribution in [-0.2, 0) is 6.54 Å². The van der Waals surface area contributed by atoms with E-state index in [2.05, 4.69) is 50.3 Å². The minimum absolute atomic E-state index is 0.808. The Labute approximate surface area is 112 Å². The van der Waals surface area contributed by atoms with Gasteiger partial charge in [0.15, 0.2) is 0 Å². The van der Waals surface area contributed by atoms with E-state index in [9.17, 15) is 0 Å². The van der Waals surface area contributed by atoms with Crippen LogP contribution in [0.25, 0.3) is 10.9 Å². The van der Waals surface area contributed by atoms with Crippen LogP contribution in [0.15, 0.2) is 46.4 Å². The third-order valence-corrected chi connectivity index (χ3v) is 4.71. The average Bonchev–Trinajstić information content (AvgIpc) is 2.88. The van der Waals surface area contributed by atoms with Crippen LogP contribution >= 0.6 is 27.3 Å². The SMILES string of the molecule is Nc1ccc2ccn(Cc3sccc3Br)c2c1. The van der Waals surface area contributed by atoms with Gasteiger partial charge in [0.05, 0.1) is 12.1 Å². The van der Waals surface area contributed by atoms with Gasteiger partial charge in [0.1, 0.15) is 0 Å². The first-order chi connectivity index (χ1) is 8.24. The number of fused-ring (bicyclic) bond motifs is 1. The van der Waals surface area contributed by atoms with Crippen molar-refractivity contribution in [2.45, 2.75) is 6.54 Å². The fourth-order valence-corrected chi connectivity index (χ4v) is 3.41. The molecule has 0 spiro atoms. The molecule has 0 unspecified atom stereocenters. The second-order valence-corrected chi connectivity index (χ2v) is 5.81. The van der Waals surface area contributed by atoms with E-state index in [1.807, 2.05) is 12.1 Å². The molecule has 1 aromatic carbocycles. The molecule has 0 radical (unpaired) electrons. The van der Waals surface area contributed by atoms with E-state index in [0.717, 1.165) is 12.2 Å². The number of nitrogen functional groups attached to an aromatic ring is 1. The van der Waals surface area contributed by atoms with Crippen molar-refractivity contribution >= 4 is 43.9 Å². The molecule has 2 aromatic heterocycles. The Hall–Kier alpha value is -1.26. The lowest BCUT2D eigenvalue weighted by molar-refractivity contribution is 0.849. The first-order valence-electron chi connectivity index (χ1n) is 5.30. The van der Waals surface area contributed by atoms with Crippen molar-refractivity contribution in [2.75, 3.05) is 5.73 Å². The molecule has 0 aliphatic heterocycles. The number of thiophene rings is 1. The molecule has 0 aliphatic carbocycles. The Morgan fingerprint density at radius 1 is 1.24 bits per heavy atom. The molecule has 4 heteroatoms. The molecular weight excluding hydrogens is 296 g/mol. The van der Waals surface area contributed by atoms with Gasteiger partial charge in [-0.3, -0.25) is 0 Å². The standard InChI is InChI=1S/C13H11BrN2S/c14-11-4-6-17-13(11)8-16-5-3-9-1-2-10(15)7-12(9)16/h1-7H,8,15H2. The monoisotopic (exact) mass is 306 g/mol. The van der Waals surface area contributed by atoms with Gasteiger partial charge in [0.25, 0.3) is 0 Å². The lowest BCUT2D eigenvalue weighted by Crippen LogP contribution is -1.96. The average molecular weight is 307 g/mol. The van der Waals surface area contributed by atoms with Crippen LogP contribution in [0.4, 0.5) is 5.69 Å². The highest BCUT2D eigenvalue weighted by molar-refractivity contribution is 9.10. The number of nitrogens with zero attached hydrogens (tertiary/aromatic N) is 1. The predicted molar refractivity (Wildman–Crippen MR) is 77.5 cm³/mol. The topological polar surface area (TPSA) is 30.9 Å². The van der Waals surface area contributed by atoms with Crippen LogP contribution in [0.5, 0.6) is 0 Å². The molecule has 0 bridgehead atoms. The van der Waals surface area contributed by atoms with E-state index in [0.29, 0.717) is 0 Å². The molecular formula is C13H11BrN2S. The summed E-state index contributed by atoms with van der Waals surface area (Å²) in [4.78, 5) is 1.32. The van der Waals surface area contributed by atoms with Crippen molar-refractivity contribution in [1.29, 1.82) is 0 Å². The van der Waals surface area contributed by atoms with Gasteiger partial charge < -0.3 is 10.3 Å². The molecule has 0 atom stereocenters. The van der Waals surface area contributed by atoms with E-state index >= 15 is 0 Å². The number of hydrogen-bond donors (Lipinski definition) is 1. The Morgan fingerprint density at radius 3 is 2.88 bits per heavy atom. The molecule has 86 valence electrons. The van der Waals surface area contributed by atoms with E-state index in [-0.39, 0.29) is 0 Å². The van der Waals surface area contributed by atoms with Gasteiger partial charge in [-0.1, -0.05) is 6.07 Å². The third kappa shape index (κ3) is 1.98. The normalized spacial score (nSPS) is 11.1. The van der Waals surface area contributed by atoms with Gasteiger partial charge >= 0.3 is 0 Å². The molecule has 2 nitrogen and oxygen atoms in total. The summed E-state index contributed by atoms with van der Waals surface area (Å²) in [5.74, 6) is 0. The zero-order valence-corrected chi connectivity index (χ0v) is 11.5. The number of benzene rings is 1. The molecule has 17 heavy (non-hydrogen) atoms. The molecule has 3 aromatic rings. The van der Waals surface area contributed by atoms with Gasteiger partial charge in [0, 0.05) is 21.2 Å². The molecule has 0 fully saturated rings. The summed E-state index contributed by atoms with van der Waals surface area (Å²) in [5, 5.41) is 3.33. The molecule has 3 rings (SSSR count). The first kappa shape index (κ1) is 10.9. The molecule has 0 amide bonds. The first-order valence-corrected chi connectivity index (χ1v) is 6.97. The molecule has 2 N–H and O–H groups in total. The number of aromatic nitrogens is 1. The minimum atomic E-state index is 0.808. The summed E-state index contributed by atoms with van der Waals surface area (Å²) in [6, 6.07) is 10.2. The van der Waals surface area contributed by atoms with Crippen molar-refractivity contribution in [3.05, 3.63) is 51.3 Å². The van der Waals surface area contributed by atoms with Gasteiger partial charge in [0.2, 0.25) is 0 Å². The second kappa shape index (κ2) is 4.20. The van der Waals surface area contributed by atoms with Crippen LogP contribution in [0.3, 0.4) is 0 Å². The smallest absolute Gasteiger partial charge is 0.0580 e. The van der Waals surface area contributed by atoms with Crippen LogP contribution in [-0.4, -0.2) is 4.57 Å². The highest BCUT2D eigenvalue weighted by Gasteiger charge is 2.05. The summed E-state index contributed by atoms with van der Waals surface area (Å²) in [6.45, 7) is 0.880. The second-order valence-electron chi connectivity index (χ2n) is 3.95. The number of anilines is 1. The number of rotatable bonds is 2. The summed E-state index contributed by atoms with van der Waals surface area (Å²) >= 11 is 5.32. The number of nitrogens with two attached hydrogens (primary N) is 1. The van der Waals surface area contributed by atoms with Gasteiger partial charge in [-0.15, -0.1) is 11.3 Å². The van der Waals surface area contributed by atoms with Crippen molar-refractivity contribution in [3.8, 4) is 0 Å². The maximum Gasteiger partial charge on any atom is 0.0580 e. The molecule has 0 aliphatic rings. The van der Waals surface area contributed by atoms with E-state index in [4.69, 9.17) is 5.73 Å². The Morgan fingerprint density at radius 2 is 2.12 bits per heavy atom. The van der Waals surface area contributed by atoms with Gasteiger partial charge in [-0.25, -0.2) is 0 Å². The highest BCUT2D eigenvalue weighted by atomic mass is 79.9. The van der Waals surface area contributed by atoms with E-state index in [1.165, 1.54) is 20.3 Å². The Kier molecular flexibility index (Phi) is 2.68. The minimum Gasteiger partial charge on any atom is -0.399 e. The van der Waals surface area contributed by atoms with Gasteiger partial charge in [-0.05, 0) is 51.0 Å². The van der Waals surface area contributed by atoms with Crippen LogP contribution < -0.4 is 5.73 Å². The summed E-state index contributed by atoms with van der Waals surface area (Å²) in [6.07, 6.45) is 2.11. The molecule has 2 heterocycles. The van der Waals surface area contributed by atoms with Crippen molar-refractivity contribution < 1.29 is 0 Å². The van der Waals surface area contributed by atoms with Gasteiger partial charge in [-0.2, -0.15) is 0 Å². The lowest BCUT2D eigenvalue weighted by Gasteiger charge is -2.05. The van der Waals surface area contributed by atoms with Crippen LogP contribution in [0, 0.1) is 0 Å². The zero-order chi connectivity index (χ0) is 11.8. The fourth-order valence-electron chi connectivity index (χ4n) is 1.93. The summed E-state index contributed by atoms with van der Waals surface area (Å²) in [7, 11) is 0. The highest BCUT2D eigenvalue weighted by Crippen LogP contribution is 2.26. The quantitative estimate of drug-likeness (QED) is 0.710. The lowest BCUT2D eigenvalue weighted by atomic mass is 10.2. The van der Waals surface area contributed by atoms with Crippen LogP contribution in [0.1, 0.15) is 4.88 Å². The largest absolute Gasteiger partial charge is 0.399 e. The Bertz CT molecular complexity index is 669. The van der Waals surface area contributed by atoms with Crippen LogP contribution in [0.2, 0.25) is 0 Å². The molecule has 0 saturated heterocycles. The number of halogens is 1. The summed E-state index contributed by atoms with van der Waals surface area (Å²) < 4.78 is 3.40. The Balaban J connectivity index is 2.06. The van der Waals surface area contributed by atoms with Crippen molar-refractivity contribution in [2.24, 2.45) is 0 Å². The number of hydrogen-bond acceptors (Lipinski definition) is 2. The van der Waals surface area contributed by atoms with E-state index < -0.39 is 0 Å². The predicted octanol–water partition coefficient (Wildman–Crippen LogP) is 4.10. The third-order valence-electron chi connectivity index (χ3n) is 2.80. The summed E-state index contributed by atoms with van der Waals surface area (Å²) in [5.41, 5.74) is 7.83. The fraction of sp³-hybridized carbons (Fsp3) is 0.0769. The van der Waals surface area contributed by atoms with Crippen molar-refractivity contribution in [3.63, 3.8) is 0 Å². The van der Waals surface area contributed by atoms with Crippen molar-refractivity contribution in [1.82, 2.24) is 4.57 Å². The maximum atomic E-state index is 5.84. The van der Waals surface area contributed by atoms with E-state index in [1.54, 1.807) is 11.3 Å². The zero-order valence-electron chi connectivity index (χ0n) is 9.06. The molecule has 0 saturated carbocycles. The maximum absolute atomic E-state index is 5.84.